The van der Waals surface area contributed by atoms with E-state index in [-0.39, 0.29) is 24.1 Å². The fraction of sp³-hybridized carbons (Fsp3) is 0.153. The second kappa shape index (κ2) is 28.9. The van der Waals surface area contributed by atoms with Gasteiger partial charge in [-0.25, -0.2) is 19.9 Å². The van der Waals surface area contributed by atoms with Gasteiger partial charge >= 0.3 is 6.18 Å². The molecule has 4 aromatic carbocycles. The maximum absolute atomic E-state index is 12.5. The average Bonchev–Trinajstić information content (AvgIpc) is 3.49. The van der Waals surface area contributed by atoms with Gasteiger partial charge in [0.15, 0.2) is 46.2 Å². The van der Waals surface area contributed by atoms with E-state index >= 15 is 0 Å². The fourth-order valence-corrected chi connectivity index (χ4v) is 7.43. The molecule has 81 heavy (non-hydrogen) atoms. The normalized spacial score (nSPS) is 10.7. The summed E-state index contributed by atoms with van der Waals surface area (Å²) in [5, 5.41) is 6.80. The fourth-order valence-electron chi connectivity index (χ4n) is 7.14. The zero-order chi connectivity index (χ0) is 57.7. The summed E-state index contributed by atoms with van der Waals surface area (Å²) in [7, 11) is 3.23. The number of alkyl halides is 3. The molecule has 0 aliphatic rings. The molecule has 9 aromatic rings. The number of amides is 1. The van der Waals surface area contributed by atoms with Crippen LogP contribution in [0.5, 0.6) is 34.5 Å². The number of carbonyl (C=O) groups is 1. The number of rotatable bonds is 19. The van der Waals surface area contributed by atoms with Gasteiger partial charge in [0, 0.05) is 66.5 Å². The maximum atomic E-state index is 12.5. The van der Waals surface area contributed by atoms with Crippen LogP contribution in [0, 0.1) is 6.92 Å². The Morgan fingerprint density at radius 3 is 1.74 bits per heavy atom. The maximum Gasteiger partial charge on any atom is 0.433 e. The van der Waals surface area contributed by atoms with Crippen molar-refractivity contribution < 1.29 is 46.4 Å². The molecule has 5 heterocycles. The minimum Gasteiger partial charge on any atom is -0.497 e. The number of aryl methyl sites for hydroxylation is 1. The Labute approximate surface area is 475 Å². The Kier molecular flexibility index (Phi) is 21.1. The van der Waals surface area contributed by atoms with E-state index in [1.54, 1.807) is 69.1 Å². The molecule has 0 saturated carbocycles. The molecule has 0 aliphatic heterocycles. The van der Waals surface area contributed by atoms with Crippen LogP contribution in [-0.4, -0.2) is 45.0 Å². The minimum absolute atomic E-state index is 0.140. The number of methoxy groups -OCH3 is 2. The summed E-state index contributed by atoms with van der Waals surface area (Å²) >= 11 is 11.8. The first kappa shape index (κ1) is 59.1. The van der Waals surface area contributed by atoms with Gasteiger partial charge in [0.1, 0.15) is 43.7 Å². The Hall–Kier alpha value is -9.53. The second-order valence-corrected chi connectivity index (χ2v) is 18.3. The van der Waals surface area contributed by atoms with Crippen molar-refractivity contribution in [3.05, 3.63) is 225 Å². The van der Waals surface area contributed by atoms with Crippen LogP contribution in [0.1, 0.15) is 49.4 Å². The topological polar surface area (TPSA) is 239 Å². The molecule has 17 nitrogen and oxygen atoms in total. The van der Waals surface area contributed by atoms with Crippen molar-refractivity contribution in [2.45, 2.75) is 46.1 Å². The number of nitrogens with two attached hydrogens (primary N) is 3. The molecule has 9 rings (SSSR count). The summed E-state index contributed by atoms with van der Waals surface area (Å²) in [6.07, 6.45) is 2.86. The first-order valence-corrected chi connectivity index (χ1v) is 25.3. The molecule has 0 radical (unpaired) electrons. The van der Waals surface area contributed by atoms with E-state index < -0.39 is 11.9 Å². The van der Waals surface area contributed by atoms with Crippen molar-refractivity contribution in [1.29, 1.82) is 0 Å². The number of nitrogen functional groups attached to an aromatic ring is 3. The second-order valence-electron chi connectivity index (χ2n) is 17.4. The molecule has 22 heteroatoms. The van der Waals surface area contributed by atoms with E-state index in [0.29, 0.717) is 93.6 Å². The molecule has 1 amide bonds. The number of nitrogens with zero attached hydrogens (tertiary/aromatic N) is 5. The number of hydrogen-bond acceptors (Lipinski definition) is 16. The molecule has 0 aliphatic carbocycles. The van der Waals surface area contributed by atoms with E-state index in [0.717, 1.165) is 39.6 Å². The third kappa shape index (κ3) is 18.5. The van der Waals surface area contributed by atoms with E-state index in [1.807, 2.05) is 91.9 Å². The number of hydrogen-bond donors (Lipinski definition) is 5. The van der Waals surface area contributed by atoms with E-state index in [9.17, 15) is 18.0 Å². The number of halogens is 5. The first-order chi connectivity index (χ1) is 39.0. The number of ether oxygens (including phenoxy) is 6. The number of pyridine rings is 5. The molecule has 8 N–H and O–H groups in total. The minimum atomic E-state index is -4.45. The summed E-state index contributed by atoms with van der Waals surface area (Å²) in [6.45, 7) is 3.52. The van der Waals surface area contributed by atoms with Gasteiger partial charge in [-0.1, -0.05) is 83.4 Å². The molecular formula is C59H55Cl2F3N10O7. The van der Waals surface area contributed by atoms with Crippen molar-refractivity contribution in [2.75, 3.05) is 42.1 Å². The van der Waals surface area contributed by atoms with E-state index in [1.165, 1.54) is 24.7 Å². The van der Waals surface area contributed by atoms with E-state index in [4.69, 9.17) is 68.8 Å². The zero-order valence-electron chi connectivity index (χ0n) is 43.9. The molecular weight excluding hydrogens is 1090 g/mol. The molecule has 0 atom stereocenters. The van der Waals surface area contributed by atoms with Gasteiger partial charge in [-0.05, 0) is 102 Å². The summed E-state index contributed by atoms with van der Waals surface area (Å²) in [5.74, 6) is 4.72. The smallest absolute Gasteiger partial charge is 0.433 e. The van der Waals surface area contributed by atoms with Crippen molar-refractivity contribution >= 4 is 58.1 Å². The van der Waals surface area contributed by atoms with Crippen LogP contribution in [0.15, 0.2) is 171 Å². The predicted molar refractivity (Wildman–Crippen MR) is 306 cm³/mol. The highest BCUT2D eigenvalue weighted by molar-refractivity contribution is 6.31. The number of aromatic nitrogens is 5. The number of carbonyl (C=O) groups excluding carboxylic acids is 1. The standard InChI is InChI=1S/C21H21ClN2O4.C20H19N3O2.C18H15ClF3N5O/c1-25-17-6-3-14(4-7-17)12-27-18-8-5-15(9-19(18)26-2)13-28-20-10-16(22)11-24-21(20)23;1-14-5-2-7-16(11-14)20(24)23-17-8-3-6-15(12-17)13-25-18-9-4-10-22-19(18)21;19-13-5-14(17(23)27-9-13)28-10-12-2-4-16(26-8-12)25-7-11-1-3-15(24-6-11)18(20,21)22/h3-11H,12-13H2,1-2H3,(H2,23,24);2-12H,13H2,1H3,(H2,21,22)(H,23,24);1-6,8-9H,7,10H2,(H2,23,27)(H,25,26). The summed E-state index contributed by atoms with van der Waals surface area (Å²) in [4.78, 5) is 31.8. The Morgan fingerprint density at radius 2 is 1.12 bits per heavy atom. The Morgan fingerprint density at radius 1 is 0.531 bits per heavy atom. The Bertz CT molecular complexity index is 3500. The number of benzene rings is 4. The van der Waals surface area contributed by atoms with Crippen molar-refractivity contribution in [3.8, 4) is 34.5 Å². The first-order valence-electron chi connectivity index (χ1n) is 24.5. The van der Waals surface area contributed by atoms with E-state index in [2.05, 4.69) is 35.6 Å². The molecule has 0 fully saturated rings. The summed E-state index contributed by atoms with van der Waals surface area (Å²) in [5.41, 5.74) is 23.0. The number of nitrogens with one attached hydrogen (secondary N) is 2. The highest BCUT2D eigenvalue weighted by Crippen LogP contribution is 2.32. The summed E-state index contributed by atoms with van der Waals surface area (Å²) in [6, 6.07) is 40.9. The van der Waals surface area contributed by atoms with Crippen LogP contribution in [0.2, 0.25) is 10.0 Å². The summed E-state index contributed by atoms with van der Waals surface area (Å²) < 4.78 is 71.0. The lowest BCUT2D eigenvalue weighted by molar-refractivity contribution is -0.141. The van der Waals surface area contributed by atoms with Crippen LogP contribution in [0.4, 0.5) is 42.1 Å². The van der Waals surface area contributed by atoms with Crippen LogP contribution in [0.3, 0.4) is 0 Å². The molecule has 0 saturated heterocycles. The van der Waals surface area contributed by atoms with Crippen LogP contribution in [-0.2, 0) is 39.1 Å². The highest BCUT2D eigenvalue weighted by Gasteiger charge is 2.32. The lowest BCUT2D eigenvalue weighted by atomic mass is 10.1. The van der Waals surface area contributed by atoms with Crippen LogP contribution < -0.4 is 56.3 Å². The van der Waals surface area contributed by atoms with Gasteiger partial charge < -0.3 is 56.3 Å². The largest absolute Gasteiger partial charge is 0.497 e. The molecule has 0 unspecified atom stereocenters. The SMILES string of the molecule is COc1ccc(COc2ccc(COc3cc(Cl)cnc3N)cc2OC)cc1.Cc1cccc(C(=O)Nc2cccc(COc3cccnc3N)c2)c1.Nc1ncc(Cl)cc1OCc1ccc(NCc2ccc(C(F)(F)F)nc2)nc1. The van der Waals surface area contributed by atoms with Gasteiger partial charge in [-0.3, -0.25) is 9.78 Å². The monoisotopic (exact) mass is 1140 g/mol. The van der Waals surface area contributed by atoms with Crippen molar-refractivity contribution in [3.63, 3.8) is 0 Å². The zero-order valence-corrected chi connectivity index (χ0v) is 45.4. The molecule has 418 valence electrons. The average molecular weight is 1140 g/mol. The number of anilines is 5. The van der Waals surface area contributed by atoms with Gasteiger partial charge in [-0.2, -0.15) is 13.2 Å². The highest BCUT2D eigenvalue weighted by atomic mass is 35.5. The molecule has 0 bridgehead atoms. The quantitative estimate of drug-likeness (QED) is 0.0506. The lowest BCUT2D eigenvalue weighted by Crippen LogP contribution is -2.12. The van der Waals surface area contributed by atoms with Crippen molar-refractivity contribution in [2.24, 2.45) is 0 Å². The molecule has 0 spiro atoms. The van der Waals surface area contributed by atoms with Crippen LogP contribution in [0.25, 0.3) is 0 Å². The van der Waals surface area contributed by atoms with Gasteiger partial charge in [0.2, 0.25) is 0 Å². The van der Waals surface area contributed by atoms with Gasteiger partial charge in [0.05, 0.1) is 24.3 Å². The lowest BCUT2D eigenvalue weighted by Gasteiger charge is -2.13. The van der Waals surface area contributed by atoms with Gasteiger partial charge in [0.25, 0.3) is 5.91 Å². The third-order valence-electron chi connectivity index (χ3n) is 11.3. The molecule has 5 aromatic heterocycles. The third-order valence-corrected chi connectivity index (χ3v) is 11.8. The van der Waals surface area contributed by atoms with Gasteiger partial charge in [-0.15, -0.1) is 0 Å². The van der Waals surface area contributed by atoms with Crippen molar-refractivity contribution in [1.82, 2.24) is 24.9 Å². The predicted octanol–water partition coefficient (Wildman–Crippen LogP) is 12.6. The van der Waals surface area contributed by atoms with Crippen LogP contribution >= 0.6 is 23.2 Å². The Balaban J connectivity index is 0.000000176.